The Bertz CT molecular complexity index is 1930. The fourth-order valence-corrected chi connectivity index (χ4v) is 6.13. The van der Waals surface area contributed by atoms with Crippen molar-refractivity contribution < 1.29 is 64.6 Å². The molecule has 7 rings (SSSR count). The van der Waals surface area contributed by atoms with E-state index in [1.807, 2.05) is 0 Å². The number of hydrogen-bond acceptors (Lipinski definition) is 11. The van der Waals surface area contributed by atoms with Crippen molar-refractivity contribution in [3.63, 3.8) is 0 Å². The van der Waals surface area contributed by atoms with Crippen molar-refractivity contribution in [2.45, 2.75) is 37.3 Å². The molecule has 2 aliphatic heterocycles. The second-order valence-corrected chi connectivity index (χ2v) is 11.1. The lowest BCUT2D eigenvalue weighted by Gasteiger charge is -2.32. The van der Waals surface area contributed by atoms with Crippen LogP contribution in [0.4, 0.5) is 0 Å². The van der Waals surface area contributed by atoms with Gasteiger partial charge in [-0.1, -0.05) is 12.1 Å². The van der Waals surface area contributed by atoms with Gasteiger partial charge in [0, 0.05) is 24.0 Å². The highest BCUT2D eigenvalue weighted by atomic mass is 16.5. The molecule has 4 aromatic carbocycles. The van der Waals surface area contributed by atoms with Crippen molar-refractivity contribution in [2.24, 2.45) is 0 Å². The molecule has 0 radical (unpaired) electrons. The van der Waals surface area contributed by atoms with Gasteiger partial charge < -0.3 is 55.4 Å². The molecule has 3 heterocycles. The SMILES string of the molecule is O=C(O)c1c2c3c(c(O)cc2[o+]c2cc(O)c4c(c12)O[C@H](c1ccc(O)c(O)c1)[C@@H](O)C4)C[C@H](O)[C@@H](c1ccc(O)c(O)c1)O3. The highest BCUT2D eigenvalue weighted by Crippen LogP contribution is 2.52. The molecular formula is C32H25O13+. The van der Waals surface area contributed by atoms with Gasteiger partial charge >= 0.3 is 17.1 Å². The van der Waals surface area contributed by atoms with Crippen LogP contribution in [-0.2, 0) is 12.8 Å². The number of aromatic hydroxyl groups is 6. The minimum absolute atomic E-state index is 0.0905. The van der Waals surface area contributed by atoms with E-state index in [1.165, 1.54) is 48.5 Å². The number of phenolic OH excluding ortho intramolecular Hbond substituents is 6. The lowest BCUT2D eigenvalue weighted by molar-refractivity contribution is 0.0207. The van der Waals surface area contributed by atoms with Crippen LogP contribution in [0.5, 0.6) is 46.0 Å². The Hall–Kier alpha value is -5.66. The molecule has 45 heavy (non-hydrogen) atoms. The van der Waals surface area contributed by atoms with Gasteiger partial charge in [-0.2, -0.15) is 0 Å². The van der Waals surface area contributed by atoms with E-state index >= 15 is 0 Å². The highest BCUT2D eigenvalue weighted by Gasteiger charge is 2.41. The topological polar surface area (TPSA) is 229 Å². The van der Waals surface area contributed by atoms with Crippen molar-refractivity contribution in [1.82, 2.24) is 0 Å². The highest BCUT2D eigenvalue weighted by molar-refractivity contribution is 6.17. The number of phenols is 6. The number of aliphatic hydroxyl groups excluding tert-OH is 2. The molecule has 0 saturated heterocycles. The van der Waals surface area contributed by atoms with Gasteiger partial charge in [0.15, 0.2) is 35.2 Å². The largest absolute Gasteiger partial charge is 0.507 e. The molecule has 2 aliphatic rings. The zero-order chi connectivity index (χ0) is 31.9. The summed E-state index contributed by atoms with van der Waals surface area (Å²) in [5.41, 5.74) is 0.0556. The maximum Gasteiger partial charge on any atom is 0.369 e. The Morgan fingerprint density at radius 1 is 0.622 bits per heavy atom. The molecule has 0 aliphatic carbocycles. The van der Waals surface area contributed by atoms with Gasteiger partial charge in [-0.3, -0.25) is 0 Å². The van der Waals surface area contributed by atoms with E-state index in [2.05, 4.69) is 0 Å². The van der Waals surface area contributed by atoms with E-state index < -0.39 is 53.4 Å². The Morgan fingerprint density at radius 3 is 1.42 bits per heavy atom. The second-order valence-electron chi connectivity index (χ2n) is 11.1. The zero-order valence-corrected chi connectivity index (χ0v) is 23.0. The van der Waals surface area contributed by atoms with Crippen molar-refractivity contribution in [3.05, 3.63) is 76.3 Å². The Morgan fingerprint density at radius 2 is 1.04 bits per heavy atom. The van der Waals surface area contributed by atoms with Gasteiger partial charge in [0.2, 0.25) is 0 Å². The summed E-state index contributed by atoms with van der Waals surface area (Å²) in [6, 6.07) is 9.96. The van der Waals surface area contributed by atoms with Gasteiger partial charge in [0.25, 0.3) is 0 Å². The zero-order valence-electron chi connectivity index (χ0n) is 23.0. The molecule has 0 saturated carbocycles. The standard InChI is InChI=1S/C32H24O13/c33-15-3-1-11(5-19(15)37)28-21(39)7-13-17(35)9-23-25(30(13)44-28)27(32(41)42)26-24(43-23)10-18(36)14-8-22(40)29(45-31(14)26)12-2-4-16(34)20(38)6-12/h1-6,9-10,21-22,28-29,39-40H,7-8H2,(H6-,33,34,35,36,37,38,41,42)/p+1/t21-,22-,28+,29+/m0/s1. The summed E-state index contributed by atoms with van der Waals surface area (Å²) >= 11 is 0. The fraction of sp³-hybridized carbons (Fsp3) is 0.188. The fourth-order valence-electron chi connectivity index (χ4n) is 6.13. The molecule has 4 atom stereocenters. The van der Waals surface area contributed by atoms with E-state index in [0.717, 1.165) is 0 Å². The first kappa shape index (κ1) is 28.1. The minimum Gasteiger partial charge on any atom is -0.507 e. The predicted octanol–water partition coefficient (Wildman–Crippen LogP) is 3.87. The number of carboxylic acids is 1. The first-order chi connectivity index (χ1) is 21.4. The second kappa shape index (κ2) is 9.94. The van der Waals surface area contributed by atoms with Gasteiger partial charge in [0.05, 0.1) is 24.3 Å². The third-order valence-corrected chi connectivity index (χ3v) is 8.25. The number of benzene rings is 4. The van der Waals surface area contributed by atoms with Gasteiger partial charge in [-0.15, -0.1) is 0 Å². The summed E-state index contributed by atoms with van der Waals surface area (Å²) in [4.78, 5) is 13.1. The molecule has 1 aromatic heterocycles. The van der Waals surface area contributed by atoms with Gasteiger partial charge in [0.1, 0.15) is 39.3 Å². The molecule has 0 fully saturated rings. The molecule has 230 valence electrons. The molecule has 13 nitrogen and oxygen atoms in total. The van der Waals surface area contributed by atoms with Crippen LogP contribution < -0.4 is 9.47 Å². The molecule has 0 bridgehead atoms. The summed E-state index contributed by atoms with van der Waals surface area (Å²) in [6.45, 7) is 0. The Kier molecular flexibility index (Phi) is 6.21. The summed E-state index contributed by atoms with van der Waals surface area (Å²) in [7, 11) is 0. The molecule has 0 amide bonds. The smallest absolute Gasteiger partial charge is 0.369 e. The number of aromatic carboxylic acids is 1. The minimum atomic E-state index is -1.45. The average molecular weight is 618 g/mol. The summed E-state index contributed by atoms with van der Waals surface area (Å²) < 4.78 is 18.3. The van der Waals surface area contributed by atoms with Gasteiger partial charge in [-0.25, -0.2) is 9.21 Å². The molecule has 0 unspecified atom stereocenters. The summed E-state index contributed by atoms with van der Waals surface area (Å²) in [5, 5.41) is 93.7. The number of carboxylic acid groups (broad SMARTS) is 1. The number of carbonyl (C=O) groups is 1. The summed E-state index contributed by atoms with van der Waals surface area (Å²) in [6.07, 6.45) is -5.15. The third kappa shape index (κ3) is 4.31. The monoisotopic (exact) mass is 617 g/mol. The van der Waals surface area contributed by atoms with Crippen LogP contribution in [0.25, 0.3) is 21.9 Å². The lowest BCUT2D eigenvalue weighted by atomic mass is 9.89. The van der Waals surface area contributed by atoms with Crippen molar-refractivity contribution in [1.29, 1.82) is 0 Å². The normalized spacial score (nSPS) is 20.7. The quantitative estimate of drug-likeness (QED) is 0.0796. The van der Waals surface area contributed by atoms with Crippen LogP contribution in [0.1, 0.15) is 44.8 Å². The van der Waals surface area contributed by atoms with E-state index in [0.29, 0.717) is 0 Å². The Labute approximate surface area is 252 Å². The molecule has 5 aromatic rings. The number of aliphatic hydroxyl groups is 2. The van der Waals surface area contributed by atoms with Crippen molar-refractivity contribution in [3.8, 4) is 46.0 Å². The van der Waals surface area contributed by atoms with Crippen LogP contribution in [0.2, 0.25) is 0 Å². The van der Waals surface area contributed by atoms with Crippen molar-refractivity contribution in [2.75, 3.05) is 0 Å². The van der Waals surface area contributed by atoms with Crippen LogP contribution in [0.15, 0.2) is 52.9 Å². The van der Waals surface area contributed by atoms with E-state index in [4.69, 9.17) is 13.9 Å². The molecular weight excluding hydrogens is 592 g/mol. The molecule has 13 heteroatoms. The first-order valence-electron chi connectivity index (χ1n) is 13.7. The van der Waals surface area contributed by atoms with Crippen LogP contribution >= 0.6 is 0 Å². The van der Waals surface area contributed by atoms with Crippen LogP contribution in [0.3, 0.4) is 0 Å². The van der Waals surface area contributed by atoms with Gasteiger partial charge in [-0.05, 0) is 35.4 Å². The maximum absolute atomic E-state index is 13.1. The van der Waals surface area contributed by atoms with Crippen LogP contribution in [0, 0.1) is 0 Å². The van der Waals surface area contributed by atoms with E-state index in [1.54, 1.807) is 0 Å². The number of hydrogen-bond donors (Lipinski definition) is 9. The maximum atomic E-state index is 13.1. The predicted molar refractivity (Wildman–Crippen MR) is 154 cm³/mol. The number of rotatable bonds is 3. The van der Waals surface area contributed by atoms with Crippen molar-refractivity contribution >= 4 is 27.9 Å². The third-order valence-electron chi connectivity index (χ3n) is 8.25. The van der Waals surface area contributed by atoms with E-state index in [-0.39, 0.29) is 85.6 Å². The lowest BCUT2D eigenvalue weighted by Crippen LogP contribution is -2.31. The molecule has 0 spiro atoms. The van der Waals surface area contributed by atoms with Crippen LogP contribution in [-0.4, -0.2) is 64.1 Å². The average Bonchev–Trinajstić information content (AvgIpc) is 2.99. The Balaban J connectivity index is 1.48. The molecule has 9 N–H and O–H groups in total. The number of fused-ring (bicyclic) bond motifs is 6. The summed E-state index contributed by atoms with van der Waals surface area (Å²) in [5.74, 6) is -4.12. The van der Waals surface area contributed by atoms with E-state index in [9.17, 15) is 50.8 Å². The first-order valence-corrected chi connectivity index (χ1v) is 13.7. The number of ether oxygens (including phenoxy) is 2.